The number of rotatable bonds is 6. The summed E-state index contributed by atoms with van der Waals surface area (Å²) in [5.74, 6) is -0.768. The van der Waals surface area contributed by atoms with Crippen LogP contribution >= 0.6 is 0 Å². The van der Waals surface area contributed by atoms with Gasteiger partial charge in [-0.05, 0) is 59.9 Å². The summed E-state index contributed by atoms with van der Waals surface area (Å²) in [7, 11) is 0. The number of halogens is 1. The van der Waals surface area contributed by atoms with Crippen LogP contribution in [0.5, 0.6) is 5.75 Å². The number of hydrogen-bond acceptors (Lipinski definition) is 5. The molecule has 0 aliphatic carbocycles. The minimum Gasteiger partial charge on any atom is -0.478 e. The van der Waals surface area contributed by atoms with E-state index in [0.29, 0.717) is 12.1 Å². The number of nitrogens with zero attached hydrogens (tertiary/aromatic N) is 2. The average molecular weight is 369 g/mol. The van der Waals surface area contributed by atoms with Crippen LogP contribution < -0.4 is 10.1 Å². The van der Waals surface area contributed by atoms with E-state index in [4.69, 9.17) is 9.37 Å². The maximum atomic E-state index is 13.8. The summed E-state index contributed by atoms with van der Waals surface area (Å²) in [4.78, 5) is 12.6. The fourth-order valence-electron chi connectivity index (χ4n) is 2.56. The highest BCUT2D eigenvalue weighted by atomic mass is 19.1. The van der Waals surface area contributed by atoms with E-state index in [1.807, 2.05) is 32.0 Å². The van der Waals surface area contributed by atoms with Crippen molar-refractivity contribution in [1.29, 1.82) is 0 Å². The van der Waals surface area contributed by atoms with Gasteiger partial charge in [-0.25, -0.2) is 9.02 Å². The molecule has 0 aliphatic heterocycles. The number of ether oxygens (including phenoxy) is 1. The molecule has 1 amide bonds. The van der Waals surface area contributed by atoms with Crippen LogP contribution in [-0.2, 0) is 4.79 Å². The quantitative estimate of drug-likeness (QED) is 0.701. The predicted molar refractivity (Wildman–Crippen MR) is 98.9 cm³/mol. The zero-order chi connectivity index (χ0) is 19.4. The van der Waals surface area contributed by atoms with Gasteiger partial charge in [0.2, 0.25) is 5.82 Å². The lowest BCUT2D eigenvalue weighted by Crippen LogP contribution is -2.32. The van der Waals surface area contributed by atoms with Gasteiger partial charge in [-0.1, -0.05) is 31.2 Å². The van der Waals surface area contributed by atoms with E-state index in [1.165, 1.54) is 12.1 Å². The summed E-state index contributed by atoms with van der Waals surface area (Å²) in [6.07, 6.45) is -0.532. The summed E-state index contributed by atoms with van der Waals surface area (Å²) in [5.41, 5.74) is 3.43. The number of hydrogen-bond donors (Lipinski definition) is 1. The number of amides is 1. The molecule has 0 bridgehead atoms. The highest BCUT2D eigenvalue weighted by molar-refractivity contribution is 5.96. The summed E-state index contributed by atoms with van der Waals surface area (Å²) in [6, 6.07) is 11.7. The smallest absolute Gasteiger partial charge is 0.266 e. The van der Waals surface area contributed by atoms with Gasteiger partial charge in [0.05, 0.1) is 0 Å². The van der Waals surface area contributed by atoms with Gasteiger partial charge in [-0.15, -0.1) is 0 Å². The van der Waals surface area contributed by atoms with Crippen LogP contribution in [0.25, 0.3) is 11.3 Å². The fraction of sp³-hybridized carbons (Fsp3) is 0.250. The van der Waals surface area contributed by atoms with Gasteiger partial charge in [-0.3, -0.25) is 4.79 Å². The Morgan fingerprint density at radius 3 is 2.67 bits per heavy atom. The molecule has 0 saturated heterocycles. The molecule has 0 unspecified atom stereocenters. The van der Waals surface area contributed by atoms with E-state index in [9.17, 15) is 9.18 Å². The van der Waals surface area contributed by atoms with Crippen LogP contribution in [0.4, 0.5) is 10.2 Å². The molecule has 0 fully saturated rings. The maximum absolute atomic E-state index is 13.8. The SMILES string of the molecule is CC[C@H](Oc1ccccc1F)C(=O)Nc1nonc1-c1ccc(C)c(C)c1. The number of carbonyl (C=O) groups is 1. The van der Waals surface area contributed by atoms with E-state index >= 15 is 0 Å². The number of para-hydroxylation sites is 1. The van der Waals surface area contributed by atoms with Crippen molar-refractivity contribution in [2.45, 2.75) is 33.3 Å². The lowest BCUT2D eigenvalue weighted by molar-refractivity contribution is -0.122. The third kappa shape index (κ3) is 4.13. The summed E-state index contributed by atoms with van der Waals surface area (Å²) < 4.78 is 24.1. The summed E-state index contributed by atoms with van der Waals surface area (Å²) >= 11 is 0. The number of aryl methyl sites for hydroxylation is 2. The highest BCUT2D eigenvalue weighted by Crippen LogP contribution is 2.27. The monoisotopic (exact) mass is 369 g/mol. The van der Waals surface area contributed by atoms with Crippen LogP contribution in [0, 0.1) is 19.7 Å². The molecular formula is C20H20FN3O3. The van der Waals surface area contributed by atoms with Crippen molar-refractivity contribution in [1.82, 2.24) is 10.3 Å². The van der Waals surface area contributed by atoms with Gasteiger partial charge >= 0.3 is 0 Å². The van der Waals surface area contributed by atoms with Crippen LogP contribution in [-0.4, -0.2) is 22.3 Å². The van der Waals surface area contributed by atoms with Crippen LogP contribution in [0.2, 0.25) is 0 Å². The van der Waals surface area contributed by atoms with Crippen molar-refractivity contribution in [2.75, 3.05) is 5.32 Å². The van der Waals surface area contributed by atoms with Gasteiger partial charge in [0.1, 0.15) is 0 Å². The molecule has 1 heterocycles. The molecule has 3 rings (SSSR count). The van der Waals surface area contributed by atoms with Gasteiger partial charge in [-0.2, -0.15) is 0 Å². The Morgan fingerprint density at radius 2 is 1.96 bits per heavy atom. The molecule has 140 valence electrons. The maximum Gasteiger partial charge on any atom is 0.266 e. The third-order valence-electron chi connectivity index (χ3n) is 4.28. The van der Waals surface area contributed by atoms with Crippen molar-refractivity contribution in [2.24, 2.45) is 0 Å². The molecular weight excluding hydrogens is 349 g/mol. The molecule has 1 atom stereocenters. The first-order chi connectivity index (χ1) is 13.0. The molecule has 2 aromatic carbocycles. The summed E-state index contributed by atoms with van der Waals surface area (Å²) in [5, 5.41) is 10.3. The first kappa shape index (κ1) is 18.6. The van der Waals surface area contributed by atoms with Crippen molar-refractivity contribution >= 4 is 11.7 Å². The number of anilines is 1. The molecule has 7 heteroatoms. The Kier molecular flexibility index (Phi) is 5.49. The third-order valence-corrected chi connectivity index (χ3v) is 4.28. The van der Waals surface area contributed by atoms with Gasteiger partial charge < -0.3 is 10.1 Å². The zero-order valence-corrected chi connectivity index (χ0v) is 15.3. The van der Waals surface area contributed by atoms with E-state index in [2.05, 4.69) is 15.6 Å². The Balaban J connectivity index is 1.78. The standard InChI is InChI=1S/C20H20FN3O3/c1-4-16(26-17-8-6-5-7-15(17)21)20(25)22-19-18(23-27-24-19)14-10-9-12(2)13(3)11-14/h5-11,16H,4H2,1-3H3,(H,22,24,25)/t16-/m0/s1. The van der Waals surface area contributed by atoms with Gasteiger partial charge in [0, 0.05) is 5.56 Å². The Hall–Kier alpha value is -3.22. The number of benzene rings is 2. The molecule has 1 N–H and O–H groups in total. The average Bonchev–Trinajstić information content (AvgIpc) is 3.11. The Bertz CT molecular complexity index is 955. The molecule has 1 aromatic heterocycles. The zero-order valence-electron chi connectivity index (χ0n) is 15.3. The number of carbonyl (C=O) groups excluding carboxylic acids is 1. The largest absolute Gasteiger partial charge is 0.478 e. The highest BCUT2D eigenvalue weighted by Gasteiger charge is 2.23. The molecule has 0 radical (unpaired) electrons. The molecule has 3 aromatic rings. The number of nitrogens with one attached hydrogen (secondary N) is 1. The second-order valence-corrected chi connectivity index (χ2v) is 6.19. The molecule has 6 nitrogen and oxygen atoms in total. The van der Waals surface area contributed by atoms with Gasteiger partial charge in [0.15, 0.2) is 23.4 Å². The number of aromatic nitrogens is 2. The van der Waals surface area contributed by atoms with Crippen molar-refractivity contribution < 1.29 is 18.6 Å². The molecule has 27 heavy (non-hydrogen) atoms. The second-order valence-electron chi connectivity index (χ2n) is 6.19. The van der Waals surface area contributed by atoms with Crippen LogP contribution in [0.3, 0.4) is 0 Å². The summed E-state index contributed by atoms with van der Waals surface area (Å²) in [6.45, 7) is 5.77. The lowest BCUT2D eigenvalue weighted by atomic mass is 10.0. The van der Waals surface area contributed by atoms with Crippen LogP contribution in [0.1, 0.15) is 24.5 Å². The Morgan fingerprint density at radius 1 is 1.19 bits per heavy atom. The van der Waals surface area contributed by atoms with E-state index in [0.717, 1.165) is 16.7 Å². The molecule has 0 saturated carbocycles. The lowest BCUT2D eigenvalue weighted by Gasteiger charge is -2.17. The Labute approximate surface area is 156 Å². The fourth-order valence-corrected chi connectivity index (χ4v) is 2.56. The minimum atomic E-state index is -0.883. The predicted octanol–water partition coefficient (Wildman–Crippen LogP) is 4.29. The van der Waals surface area contributed by atoms with Crippen molar-refractivity contribution in [3.05, 3.63) is 59.4 Å². The molecule has 0 aliphatic rings. The first-order valence-electron chi connectivity index (χ1n) is 8.61. The van der Waals surface area contributed by atoms with Crippen molar-refractivity contribution in [3.63, 3.8) is 0 Å². The van der Waals surface area contributed by atoms with Crippen LogP contribution in [0.15, 0.2) is 47.1 Å². The van der Waals surface area contributed by atoms with E-state index < -0.39 is 17.8 Å². The first-order valence-corrected chi connectivity index (χ1v) is 8.61. The van der Waals surface area contributed by atoms with Gasteiger partial charge in [0.25, 0.3) is 5.91 Å². The normalized spacial score (nSPS) is 11.9. The minimum absolute atomic E-state index is 0.0205. The molecule has 0 spiro atoms. The van der Waals surface area contributed by atoms with Crippen molar-refractivity contribution in [3.8, 4) is 17.0 Å². The second kappa shape index (κ2) is 7.99. The van der Waals surface area contributed by atoms with E-state index in [1.54, 1.807) is 19.1 Å². The topological polar surface area (TPSA) is 77.2 Å². The van der Waals surface area contributed by atoms with E-state index in [-0.39, 0.29) is 11.6 Å².